The van der Waals surface area contributed by atoms with Crippen molar-refractivity contribution in [2.75, 3.05) is 18.4 Å². The van der Waals surface area contributed by atoms with Gasteiger partial charge in [0.15, 0.2) is 0 Å². The molecule has 1 aromatic carbocycles. The number of hydrogen-bond acceptors (Lipinski definition) is 3. The number of carbonyl (C=O) groups is 1. The van der Waals surface area contributed by atoms with Gasteiger partial charge in [0.2, 0.25) is 5.91 Å². The van der Waals surface area contributed by atoms with Crippen LogP contribution in [0.4, 0.5) is 14.5 Å². The van der Waals surface area contributed by atoms with Crippen LogP contribution in [0.5, 0.6) is 5.75 Å². The first kappa shape index (κ1) is 15.7. The van der Waals surface area contributed by atoms with Crippen LogP contribution in [0.25, 0.3) is 0 Å². The van der Waals surface area contributed by atoms with Gasteiger partial charge in [-0.05, 0) is 57.1 Å². The summed E-state index contributed by atoms with van der Waals surface area (Å²) in [5.41, 5.74) is 0.575. The highest BCUT2D eigenvalue weighted by Crippen LogP contribution is 2.19. The quantitative estimate of drug-likeness (QED) is 0.908. The molecule has 1 aromatic rings. The predicted molar refractivity (Wildman–Crippen MR) is 76.6 cm³/mol. The van der Waals surface area contributed by atoms with E-state index >= 15 is 0 Å². The van der Waals surface area contributed by atoms with E-state index < -0.39 is 6.61 Å². The number of halogens is 2. The minimum atomic E-state index is -2.84. The van der Waals surface area contributed by atoms with E-state index in [4.69, 9.17) is 0 Å². The van der Waals surface area contributed by atoms with Gasteiger partial charge in [0.05, 0.1) is 6.04 Å². The first-order chi connectivity index (χ1) is 10.1. The number of ether oxygens (including phenoxy) is 1. The van der Waals surface area contributed by atoms with Crippen molar-refractivity contribution in [3.63, 3.8) is 0 Å². The molecule has 0 bridgehead atoms. The Kier molecular flexibility index (Phi) is 5.50. The number of nitrogens with one attached hydrogen (secondary N) is 1. The fourth-order valence-corrected chi connectivity index (χ4v) is 2.44. The molecule has 0 saturated carbocycles. The van der Waals surface area contributed by atoms with E-state index in [1.807, 2.05) is 6.92 Å². The zero-order chi connectivity index (χ0) is 15.2. The van der Waals surface area contributed by atoms with Crippen LogP contribution >= 0.6 is 0 Å². The van der Waals surface area contributed by atoms with Gasteiger partial charge in [-0.2, -0.15) is 8.78 Å². The standard InChI is InChI=1S/C15H20F2N2O2/c1-11(19-9-3-2-4-10-19)14(20)18-12-5-7-13(8-6-12)21-15(16)17/h5-8,11,15H,2-4,9-10H2,1H3,(H,18,20). The number of hydrogen-bond donors (Lipinski definition) is 1. The Morgan fingerprint density at radius 1 is 1.19 bits per heavy atom. The summed E-state index contributed by atoms with van der Waals surface area (Å²) in [5, 5.41) is 2.80. The van der Waals surface area contributed by atoms with E-state index in [0.29, 0.717) is 5.69 Å². The molecule has 0 aliphatic carbocycles. The summed E-state index contributed by atoms with van der Waals surface area (Å²) in [5.74, 6) is -0.00786. The fourth-order valence-electron chi connectivity index (χ4n) is 2.44. The number of nitrogens with zero attached hydrogens (tertiary/aromatic N) is 1. The molecule has 6 heteroatoms. The van der Waals surface area contributed by atoms with Gasteiger partial charge in [-0.3, -0.25) is 9.69 Å². The van der Waals surface area contributed by atoms with Gasteiger partial charge >= 0.3 is 6.61 Å². The van der Waals surface area contributed by atoms with E-state index in [-0.39, 0.29) is 17.7 Å². The second kappa shape index (κ2) is 7.36. The Balaban J connectivity index is 1.89. The van der Waals surface area contributed by atoms with Crippen molar-refractivity contribution in [2.24, 2.45) is 0 Å². The van der Waals surface area contributed by atoms with Crippen LogP contribution in [0.2, 0.25) is 0 Å². The largest absolute Gasteiger partial charge is 0.435 e. The molecule has 1 atom stereocenters. The van der Waals surface area contributed by atoms with Crippen LogP contribution < -0.4 is 10.1 Å². The number of piperidine rings is 1. The zero-order valence-corrected chi connectivity index (χ0v) is 12.0. The molecule has 2 rings (SSSR count). The lowest BCUT2D eigenvalue weighted by Crippen LogP contribution is -2.44. The number of anilines is 1. The summed E-state index contributed by atoms with van der Waals surface area (Å²) in [6.07, 6.45) is 3.46. The third-order valence-corrected chi connectivity index (χ3v) is 3.66. The zero-order valence-electron chi connectivity index (χ0n) is 12.0. The highest BCUT2D eigenvalue weighted by Gasteiger charge is 2.22. The molecule has 21 heavy (non-hydrogen) atoms. The van der Waals surface area contributed by atoms with Crippen LogP contribution in [0.15, 0.2) is 24.3 Å². The average molecular weight is 298 g/mol. The number of alkyl halides is 2. The van der Waals surface area contributed by atoms with Crippen LogP contribution in [0, 0.1) is 0 Å². The maximum Gasteiger partial charge on any atom is 0.387 e. The fraction of sp³-hybridized carbons (Fsp3) is 0.533. The van der Waals surface area contributed by atoms with Crippen molar-refractivity contribution in [1.29, 1.82) is 0 Å². The third kappa shape index (κ3) is 4.67. The Hall–Kier alpha value is -1.69. The second-order valence-electron chi connectivity index (χ2n) is 5.16. The molecule has 0 aromatic heterocycles. The lowest BCUT2D eigenvalue weighted by Gasteiger charge is -2.31. The number of amides is 1. The summed E-state index contributed by atoms with van der Waals surface area (Å²) in [7, 11) is 0. The van der Waals surface area contributed by atoms with Crippen LogP contribution in [-0.4, -0.2) is 36.5 Å². The van der Waals surface area contributed by atoms with Crippen LogP contribution in [0.1, 0.15) is 26.2 Å². The molecule has 0 spiro atoms. The highest BCUT2D eigenvalue weighted by molar-refractivity contribution is 5.94. The number of rotatable bonds is 5. The van der Waals surface area contributed by atoms with Gasteiger partial charge in [0.1, 0.15) is 5.75 Å². The number of carbonyl (C=O) groups excluding carboxylic acids is 1. The highest BCUT2D eigenvalue weighted by atomic mass is 19.3. The minimum Gasteiger partial charge on any atom is -0.435 e. The average Bonchev–Trinajstić information content (AvgIpc) is 2.49. The molecule has 1 aliphatic heterocycles. The van der Waals surface area contributed by atoms with Gasteiger partial charge in [0, 0.05) is 5.69 Å². The minimum absolute atomic E-state index is 0.0760. The van der Waals surface area contributed by atoms with Gasteiger partial charge in [-0.25, -0.2) is 0 Å². The summed E-state index contributed by atoms with van der Waals surface area (Å²) in [6.45, 7) is 0.921. The molecule has 1 saturated heterocycles. The molecule has 1 unspecified atom stereocenters. The SMILES string of the molecule is CC(C(=O)Nc1ccc(OC(F)F)cc1)N1CCCCC1. The maximum atomic E-state index is 12.2. The van der Waals surface area contributed by atoms with Crippen molar-refractivity contribution in [2.45, 2.75) is 38.8 Å². The monoisotopic (exact) mass is 298 g/mol. The summed E-state index contributed by atoms with van der Waals surface area (Å²) in [4.78, 5) is 14.3. The predicted octanol–water partition coefficient (Wildman–Crippen LogP) is 3.10. The normalized spacial score (nSPS) is 17.5. The summed E-state index contributed by atoms with van der Waals surface area (Å²) < 4.78 is 28.4. The summed E-state index contributed by atoms with van der Waals surface area (Å²) >= 11 is 0. The van der Waals surface area contributed by atoms with Crippen LogP contribution in [0.3, 0.4) is 0 Å². The van der Waals surface area contributed by atoms with E-state index in [2.05, 4.69) is 15.0 Å². The molecule has 1 amide bonds. The Labute approximate surface area is 123 Å². The Bertz CT molecular complexity index is 459. The van der Waals surface area contributed by atoms with Crippen molar-refractivity contribution in [3.8, 4) is 5.75 Å². The smallest absolute Gasteiger partial charge is 0.387 e. The Morgan fingerprint density at radius 2 is 1.81 bits per heavy atom. The first-order valence-corrected chi connectivity index (χ1v) is 7.16. The van der Waals surface area contributed by atoms with Gasteiger partial charge in [-0.1, -0.05) is 6.42 Å². The molecule has 1 aliphatic rings. The first-order valence-electron chi connectivity index (χ1n) is 7.16. The molecular weight excluding hydrogens is 278 g/mol. The van der Waals surface area contributed by atoms with Crippen molar-refractivity contribution >= 4 is 11.6 Å². The van der Waals surface area contributed by atoms with Crippen molar-refractivity contribution < 1.29 is 18.3 Å². The van der Waals surface area contributed by atoms with Gasteiger partial charge in [0.25, 0.3) is 0 Å². The lowest BCUT2D eigenvalue weighted by molar-refractivity contribution is -0.121. The van der Waals surface area contributed by atoms with E-state index in [0.717, 1.165) is 25.9 Å². The number of likely N-dealkylation sites (tertiary alicyclic amines) is 1. The molecule has 4 nitrogen and oxygen atoms in total. The molecule has 0 radical (unpaired) electrons. The van der Waals surface area contributed by atoms with Crippen molar-refractivity contribution in [3.05, 3.63) is 24.3 Å². The third-order valence-electron chi connectivity index (χ3n) is 3.66. The summed E-state index contributed by atoms with van der Waals surface area (Å²) in [6, 6.07) is 5.74. The van der Waals surface area contributed by atoms with E-state index in [1.165, 1.54) is 18.6 Å². The van der Waals surface area contributed by atoms with Crippen LogP contribution in [-0.2, 0) is 4.79 Å². The second-order valence-corrected chi connectivity index (χ2v) is 5.16. The number of benzene rings is 1. The molecular formula is C15H20F2N2O2. The van der Waals surface area contributed by atoms with E-state index in [9.17, 15) is 13.6 Å². The lowest BCUT2D eigenvalue weighted by atomic mass is 10.1. The van der Waals surface area contributed by atoms with Crippen molar-refractivity contribution in [1.82, 2.24) is 4.90 Å². The molecule has 1 N–H and O–H groups in total. The van der Waals surface area contributed by atoms with Gasteiger partial charge < -0.3 is 10.1 Å². The molecule has 1 heterocycles. The molecule has 1 fully saturated rings. The topological polar surface area (TPSA) is 41.6 Å². The molecule has 116 valence electrons. The van der Waals surface area contributed by atoms with Gasteiger partial charge in [-0.15, -0.1) is 0 Å². The maximum absolute atomic E-state index is 12.2. The van der Waals surface area contributed by atoms with E-state index in [1.54, 1.807) is 12.1 Å². The Morgan fingerprint density at radius 3 is 2.38 bits per heavy atom.